The Kier molecular flexibility index (Phi) is 4.09. The van der Waals surface area contributed by atoms with Crippen LogP contribution in [0.5, 0.6) is 0 Å². The van der Waals surface area contributed by atoms with Crippen LogP contribution in [0.2, 0.25) is 0 Å². The smallest absolute Gasteiger partial charge is 0.136 e. The molecule has 1 unspecified atom stereocenters. The first-order valence-corrected chi connectivity index (χ1v) is 4.11. The van der Waals surface area contributed by atoms with Crippen molar-refractivity contribution in [1.29, 1.82) is 0 Å². The fraction of sp³-hybridized carbons (Fsp3) is 0.700. The van der Waals surface area contributed by atoms with Gasteiger partial charge in [-0.25, -0.2) is 0 Å². The highest BCUT2D eigenvalue weighted by molar-refractivity contribution is 5.80. The van der Waals surface area contributed by atoms with Crippen LogP contribution in [0.3, 0.4) is 0 Å². The Morgan fingerprint density at radius 3 is 1.91 bits per heavy atom. The number of carbonyl (C=O) groups is 1. The molecule has 64 valence electrons. The van der Waals surface area contributed by atoms with Crippen molar-refractivity contribution in [3.05, 3.63) is 12.2 Å². The van der Waals surface area contributed by atoms with Gasteiger partial charge in [0, 0.05) is 5.92 Å². The average Bonchev–Trinajstić information content (AvgIpc) is 1.81. The molecule has 0 aromatic rings. The van der Waals surface area contributed by atoms with Gasteiger partial charge in [-0.3, -0.25) is 4.79 Å². The molecule has 0 bridgehead atoms. The summed E-state index contributed by atoms with van der Waals surface area (Å²) in [5.41, 5.74) is 0.992. The summed E-state index contributed by atoms with van der Waals surface area (Å²) in [4.78, 5) is 11.1. The van der Waals surface area contributed by atoms with Crippen molar-refractivity contribution in [1.82, 2.24) is 0 Å². The van der Waals surface area contributed by atoms with Gasteiger partial charge in [-0.15, -0.1) is 0 Å². The van der Waals surface area contributed by atoms with E-state index < -0.39 is 0 Å². The summed E-state index contributed by atoms with van der Waals surface area (Å²) in [6, 6.07) is 0. The molecule has 0 aliphatic carbocycles. The van der Waals surface area contributed by atoms with Gasteiger partial charge in [-0.2, -0.15) is 0 Å². The van der Waals surface area contributed by atoms with Gasteiger partial charge in [0.15, 0.2) is 0 Å². The number of hydrogen-bond acceptors (Lipinski definition) is 1. The van der Waals surface area contributed by atoms with Crippen molar-refractivity contribution in [2.24, 2.45) is 11.8 Å². The molecule has 0 saturated carbocycles. The molecule has 0 spiro atoms. The number of hydrogen-bond donors (Lipinski definition) is 0. The normalized spacial score (nSPS) is 13.2. The minimum atomic E-state index is 0.0787. The predicted octanol–water partition coefficient (Wildman–Crippen LogP) is 2.81. The maximum atomic E-state index is 11.1. The Hall–Kier alpha value is -0.590. The molecule has 0 fully saturated rings. The van der Waals surface area contributed by atoms with Gasteiger partial charge in [0.2, 0.25) is 0 Å². The third-order valence-electron chi connectivity index (χ3n) is 1.79. The van der Waals surface area contributed by atoms with Crippen LogP contribution < -0.4 is 0 Å². The third-order valence-corrected chi connectivity index (χ3v) is 1.79. The summed E-state index contributed by atoms with van der Waals surface area (Å²) in [6.45, 7) is 11.6. The fourth-order valence-electron chi connectivity index (χ4n) is 1.19. The Morgan fingerprint density at radius 1 is 1.36 bits per heavy atom. The van der Waals surface area contributed by atoms with Crippen molar-refractivity contribution in [2.45, 2.75) is 34.1 Å². The minimum absolute atomic E-state index is 0.0787. The molecule has 0 rings (SSSR count). The lowest BCUT2D eigenvalue weighted by molar-refractivity contribution is -0.120. The summed E-state index contributed by atoms with van der Waals surface area (Å²) in [5, 5.41) is 0. The summed E-state index contributed by atoms with van der Waals surface area (Å²) in [6.07, 6.45) is 0.935. The van der Waals surface area contributed by atoms with Crippen molar-refractivity contribution in [2.75, 3.05) is 0 Å². The van der Waals surface area contributed by atoms with Crippen molar-refractivity contribution >= 4 is 5.78 Å². The number of allylic oxidation sites excluding steroid dienone is 1. The van der Waals surface area contributed by atoms with E-state index in [0.717, 1.165) is 12.0 Å². The second-order valence-electron chi connectivity index (χ2n) is 3.64. The maximum absolute atomic E-state index is 11.1. The molecule has 1 atom stereocenters. The molecule has 0 heterocycles. The zero-order chi connectivity index (χ0) is 9.02. The second-order valence-corrected chi connectivity index (χ2v) is 3.64. The fourth-order valence-corrected chi connectivity index (χ4v) is 1.19. The lowest BCUT2D eigenvalue weighted by Crippen LogP contribution is -2.14. The van der Waals surface area contributed by atoms with E-state index in [1.807, 2.05) is 6.92 Å². The van der Waals surface area contributed by atoms with Crippen LogP contribution in [-0.4, -0.2) is 5.78 Å². The number of ketones is 1. The van der Waals surface area contributed by atoms with E-state index in [4.69, 9.17) is 0 Å². The highest BCUT2D eigenvalue weighted by Crippen LogP contribution is 2.19. The first-order valence-electron chi connectivity index (χ1n) is 4.11. The van der Waals surface area contributed by atoms with Crippen molar-refractivity contribution in [3.8, 4) is 0 Å². The summed E-state index contributed by atoms with van der Waals surface area (Å²) in [5.74, 6) is 0.891. The third kappa shape index (κ3) is 3.97. The van der Waals surface area contributed by atoms with Gasteiger partial charge < -0.3 is 0 Å². The SMILES string of the molecule is C=C(C)C(CC(C)C)C(C)=O. The second kappa shape index (κ2) is 4.32. The molecule has 0 aromatic heterocycles. The van der Waals surface area contributed by atoms with Gasteiger partial charge >= 0.3 is 0 Å². The highest BCUT2D eigenvalue weighted by atomic mass is 16.1. The lowest BCUT2D eigenvalue weighted by Gasteiger charge is -2.15. The van der Waals surface area contributed by atoms with Gasteiger partial charge in [0.1, 0.15) is 5.78 Å². The topological polar surface area (TPSA) is 17.1 Å². The summed E-state index contributed by atoms with van der Waals surface area (Å²) >= 11 is 0. The predicted molar refractivity (Wildman–Crippen MR) is 48.4 cm³/mol. The molecule has 0 aromatic carbocycles. The zero-order valence-electron chi connectivity index (χ0n) is 7.98. The average molecular weight is 154 g/mol. The summed E-state index contributed by atoms with van der Waals surface area (Å²) < 4.78 is 0. The van der Waals surface area contributed by atoms with E-state index in [1.54, 1.807) is 6.92 Å². The maximum Gasteiger partial charge on any atom is 0.136 e. The Labute approximate surface area is 69.5 Å². The molecule has 0 aliphatic rings. The van der Waals surface area contributed by atoms with Crippen molar-refractivity contribution in [3.63, 3.8) is 0 Å². The molecule has 0 amide bonds. The Morgan fingerprint density at radius 2 is 1.82 bits per heavy atom. The quantitative estimate of drug-likeness (QED) is 0.569. The standard InChI is InChI=1S/C10H18O/c1-7(2)6-10(8(3)4)9(5)11/h7,10H,3,6H2,1-2,4-5H3. The Balaban J connectivity index is 4.12. The van der Waals surface area contributed by atoms with E-state index in [0.29, 0.717) is 5.92 Å². The van der Waals surface area contributed by atoms with E-state index in [1.165, 1.54) is 0 Å². The number of rotatable bonds is 4. The molecule has 0 N–H and O–H groups in total. The molecule has 11 heavy (non-hydrogen) atoms. The van der Waals surface area contributed by atoms with Crippen LogP contribution in [0.1, 0.15) is 34.1 Å². The molecule has 0 radical (unpaired) electrons. The number of Topliss-reactive ketones (excluding diaryl/α,β-unsaturated/α-hetero) is 1. The van der Waals surface area contributed by atoms with Crippen LogP contribution in [-0.2, 0) is 4.79 Å². The molecular formula is C10H18O. The zero-order valence-corrected chi connectivity index (χ0v) is 7.98. The molecule has 1 nitrogen and oxygen atoms in total. The van der Waals surface area contributed by atoms with Gasteiger partial charge in [-0.05, 0) is 26.2 Å². The number of carbonyl (C=O) groups excluding carboxylic acids is 1. The largest absolute Gasteiger partial charge is 0.299 e. The van der Waals surface area contributed by atoms with Crippen LogP contribution >= 0.6 is 0 Å². The van der Waals surface area contributed by atoms with E-state index in [-0.39, 0.29) is 11.7 Å². The molecule has 0 aliphatic heterocycles. The van der Waals surface area contributed by atoms with E-state index >= 15 is 0 Å². The van der Waals surface area contributed by atoms with Crippen LogP contribution in [0, 0.1) is 11.8 Å². The Bertz CT molecular complexity index is 142. The van der Waals surface area contributed by atoms with Crippen LogP contribution in [0.25, 0.3) is 0 Å². The monoisotopic (exact) mass is 154 g/mol. The first-order chi connectivity index (χ1) is 4.95. The van der Waals surface area contributed by atoms with Gasteiger partial charge in [-0.1, -0.05) is 26.0 Å². The van der Waals surface area contributed by atoms with Crippen molar-refractivity contribution < 1.29 is 4.79 Å². The molecule has 0 saturated heterocycles. The molecule has 1 heteroatoms. The summed E-state index contributed by atoms with van der Waals surface area (Å²) in [7, 11) is 0. The van der Waals surface area contributed by atoms with E-state index in [2.05, 4.69) is 20.4 Å². The van der Waals surface area contributed by atoms with E-state index in [9.17, 15) is 4.79 Å². The van der Waals surface area contributed by atoms with Gasteiger partial charge in [0.05, 0.1) is 0 Å². The van der Waals surface area contributed by atoms with Gasteiger partial charge in [0.25, 0.3) is 0 Å². The van der Waals surface area contributed by atoms with Crippen LogP contribution in [0.15, 0.2) is 12.2 Å². The minimum Gasteiger partial charge on any atom is -0.299 e. The molecular weight excluding hydrogens is 136 g/mol. The highest BCUT2D eigenvalue weighted by Gasteiger charge is 2.15. The van der Waals surface area contributed by atoms with Crippen LogP contribution in [0.4, 0.5) is 0 Å². The first kappa shape index (κ1) is 10.4. The lowest BCUT2D eigenvalue weighted by atomic mass is 9.89.